The van der Waals surface area contributed by atoms with Gasteiger partial charge in [-0.15, -0.1) is 0 Å². The van der Waals surface area contributed by atoms with Gasteiger partial charge in [-0.1, -0.05) is 12.1 Å². The summed E-state index contributed by atoms with van der Waals surface area (Å²) in [5, 5.41) is 8.74. The zero-order valence-corrected chi connectivity index (χ0v) is 14.4. The van der Waals surface area contributed by atoms with Crippen molar-refractivity contribution in [2.24, 2.45) is 0 Å². The molecule has 0 amide bonds. The molecule has 0 radical (unpaired) electrons. The van der Waals surface area contributed by atoms with Crippen molar-refractivity contribution in [2.45, 2.75) is 0 Å². The molecule has 2 aromatic rings. The van der Waals surface area contributed by atoms with Gasteiger partial charge in [0.25, 0.3) is 0 Å². The molecule has 6 nitrogen and oxygen atoms in total. The second-order valence-electron chi connectivity index (χ2n) is 5.16. The Kier molecular flexibility index (Phi) is 6.52. The van der Waals surface area contributed by atoms with Gasteiger partial charge < -0.3 is 14.2 Å². The third-order valence-electron chi connectivity index (χ3n) is 3.50. The molecule has 0 atom stereocenters. The van der Waals surface area contributed by atoms with Gasteiger partial charge in [0, 0.05) is 6.08 Å². The average molecular weight is 351 g/mol. The zero-order chi connectivity index (χ0) is 18.9. The molecule has 26 heavy (non-hydrogen) atoms. The van der Waals surface area contributed by atoms with Crippen LogP contribution in [0.3, 0.4) is 0 Å². The monoisotopic (exact) mass is 351 g/mol. The predicted octanol–water partition coefficient (Wildman–Crippen LogP) is 3.01. The Bertz CT molecular complexity index is 863. The highest BCUT2D eigenvalue weighted by Crippen LogP contribution is 2.24. The number of nitrogens with zero attached hydrogens (tertiary/aromatic N) is 1. The fraction of sp³-hybridized carbons (Fsp3) is 0.150. The first-order chi connectivity index (χ1) is 12.6. The van der Waals surface area contributed by atoms with E-state index in [0.717, 1.165) is 5.56 Å². The minimum atomic E-state index is -0.649. The number of ether oxygens (including phenoxy) is 3. The first kappa shape index (κ1) is 18.7. The minimum absolute atomic E-state index is 0.274. The molecule has 2 aromatic carbocycles. The van der Waals surface area contributed by atoms with Gasteiger partial charge in [-0.2, -0.15) is 5.26 Å². The summed E-state index contributed by atoms with van der Waals surface area (Å²) in [5.41, 5.74) is 1.54. The molecular weight excluding hydrogens is 334 g/mol. The Morgan fingerprint density at radius 3 is 2.42 bits per heavy atom. The molecule has 132 valence electrons. The highest BCUT2D eigenvalue weighted by molar-refractivity contribution is 6.01. The molecule has 0 aromatic heterocycles. The van der Waals surface area contributed by atoms with E-state index in [1.165, 1.54) is 26.4 Å². The van der Waals surface area contributed by atoms with Crippen molar-refractivity contribution < 1.29 is 23.8 Å². The number of hydrogen-bond acceptors (Lipinski definition) is 6. The molecule has 0 bridgehead atoms. The molecule has 0 N–H and O–H groups in total. The molecule has 0 fully saturated rings. The number of carbonyl (C=O) groups excluding carboxylic acids is 2. The maximum atomic E-state index is 12.3. The number of benzene rings is 2. The SMILES string of the molecule is COc1ccc(OC)c(C(=O)COC(=O)/C=C/c2ccc(C#N)cc2)c1. The minimum Gasteiger partial charge on any atom is -0.497 e. The summed E-state index contributed by atoms with van der Waals surface area (Å²) >= 11 is 0. The van der Waals surface area contributed by atoms with Crippen molar-refractivity contribution in [3.8, 4) is 17.6 Å². The molecule has 0 saturated carbocycles. The molecular formula is C20H17NO5. The van der Waals surface area contributed by atoms with E-state index in [4.69, 9.17) is 19.5 Å². The largest absolute Gasteiger partial charge is 0.497 e. The van der Waals surface area contributed by atoms with Crippen LogP contribution >= 0.6 is 0 Å². The lowest BCUT2D eigenvalue weighted by Gasteiger charge is -2.09. The van der Waals surface area contributed by atoms with Crippen LogP contribution in [0.4, 0.5) is 0 Å². The van der Waals surface area contributed by atoms with Crippen molar-refractivity contribution >= 4 is 17.8 Å². The van der Waals surface area contributed by atoms with Gasteiger partial charge in [-0.25, -0.2) is 4.79 Å². The van der Waals surface area contributed by atoms with Crippen LogP contribution in [0.25, 0.3) is 6.08 Å². The summed E-state index contributed by atoms with van der Waals surface area (Å²) in [4.78, 5) is 24.1. The van der Waals surface area contributed by atoms with Crippen LogP contribution in [-0.2, 0) is 9.53 Å². The Balaban J connectivity index is 1.97. The number of methoxy groups -OCH3 is 2. The summed E-state index contributed by atoms with van der Waals surface area (Å²) in [6.45, 7) is -0.417. The van der Waals surface area contributed by atoms with E-state index in [9.17, 15) is 9.59 Å². The fourth-order valence-corrected chi connectivity index (χ4v) is 2.13. The Labute approximate surface area is 151 Å². The van der Waals surface area contributed by atoms with E-state index < -0.39 is 18.4 Å². The first-order valence-corrected chi connectivity index (χ1v) is 7.67. The van der Waals surface area contributed by atoms with Crippen LogP contribution in [0.5, 0.6) is 11.5 Å². The molecule has 0 unspecified atom stereocenters. The lowest BCUT2D eigenvalue weighted by atomic mass is 10.1. The second-order valence-corrected chi connectivity index (χ2v) is 5.16. The van der Waals surface area contributed by atoms with Crippen LogP contribution in [0.15, 0.2) is 48.5 Å². The van der Waals surface area contributed by atoms with Crippen LogP contribution in [0.1, 0.15) is 21.5 Å². The number of Topliss-reactive ketones (excluding diaryl/α,β-unsaturated/α-hetero) is 1. The molecule has 0 saturated heterocycles. The Hall–Kier alpha value is -3.59. The average Bonchev–Trinajstić information content (AvgIpc) is 2.70. The summed E-state index contributed by atoms with van der Waals surface area (Å²) in [7, 11) is 2.94. The molecule has 6 heteroatoms. The molecule has 0 aliphatic heterocycles. The smallest absolute Gasteiger partial charge is 0.331 e. The van der Waals surface area contributed by atoms with E-state index in [0.29, 0.717) is 17.1 Å². The molecule has 2 rings (SSSR count). The van der Waals surface area contributed by atoms with Crippen LogP contribution in [0, 0.1) is 11.3 Å². The van der Waals surface area contributed by atoms with Crippen molar-refractivity contribution in [3.05, 3.63) is 65.2 Å². The van der Waals surface area contributed by atoms with Crippen LogP contribution in [0.2, 0.25) is 0 Å². The molecule has 0 heterocycles. The van der Waals surface area contributed by atoms with Gasteiger partial charge in [0.1, 0.15) is 11.5 Å². The van der Waals surface area contributed by atoms with Gasteiger partial charge in [-0.3, -0.25) is 4.79 Å². The van der Waals surface area contributed by atoms with Crippen molar-refractivity contribution in [1.82, 2.24) is 0 Å². The van der Waals surface area contributed by atoms with Crippen molar-refractivity contribution in [2.75, 3.05) is 20.8 Å². The van der Waals surface area contributed by atoms with Gasteiger partial charge in [-0.05, 0) is 42.0 Å². The van der Waals surface area contributed by atoms with E-state index in [2.05, 4.69) is 0 Å². The standard InChI is InChI=1S/C20H17NO5/c1-24-16-8-9-19(25-2)17(11-16)18(22)13-26-20(23)10-7-14-3-5-15(12-21)6-4-14/h3-11H,13H2,1-2H3/b10-7+. The number of ketones is 1. The lowest BCUT2D eigenvalue weighted by molar-refractivity contribution is -0.136. The van der Waals surface area contributed by atoms with Crippen molar-refractivity contribution in [3.63, 3.8) is 0 Å². The number of hydrogen-bond donors (Lipinski definition) is 0. The summed E-state index contributed by atoms with van der Waals surface area (Å²) in [6, 6.07) is 13.5. The van der Waals surface area contributed by atoms with Gasteiger partial charge >= 0.3 is 5.97 Å². The zero-order valence-electron chi connectivity index (χ0n) is 14.4. The number of esters is 1. The van der Waals surface area contributed by atoms with E-state index in [1.54, 1.807) is 42.5 Å². The first-order valence-electron chi connectivity index (χ1n) is 7.67. The summed E-state index contributed by atoms with van der Waals surface area (Å²) in [6.07, 6.45) is 2.76. The van der Waals surface area contributed by atoms with Gasteiger partial charge in [0.2, 0.25) is 5.78 Å². The third kappa shape index (κ3) is 4.95. The molecule has 0 aliphatic rings. The van der Waals surface area contributed by atoms with E-state index in [1.807, 2.05) is 6.07 Å². The van der Waals surface area contributed by atoms with E-state index in [-0.39, 0.29) is 5.56 Å². The third-order valence-corrected chi connectivity index (χ3v) is 3.50. The molecule has 0 spiro atoms. The number of nitriles is 1. The quantitative estimate of drug-likeness (QED) is 0.433. The van der Waals surface area contributed by atoms with Gasteiger partial charge in [0.05, 0.1) is 31.4 Å². The van der Waals surface area contributed by atoms with Crippen LogP contribution in [-0.4, -0.2) is 32.6 Å². The maximum absolute atomic E-state index is 12.3. The topological polar surface area (TPSA) is 85.6 Å². The highest BCUT2D eigenvalue weighted by atomic mass is 16.5. The Morgan fingerprint density at radius 2 is 1.81 bits per heavy atom. The highest BCUT2D eigenvalue weighted by Gasteiger charge is 2.15. The summed E-state index contributed by atoms with van der Waals surface area (Å²) in [5.74, 6) is -0.174. The van der Waals surface area contributed by atoms with Crippen LogP contribution < -0.4 is 9.47 Å². The fourth-order valence-electron chi connectivity index (χ4n) is 2.13. The summed E-state index contributed by atoms with van der Waals surface area (Å²) < 4.78 is 15.2. The predicted molar refractivity (Wildman–Crippen MR) is 95.0 cm³/mol. The second kappa shape index (κ2) is 9.04. The lowest BCUT2D eigenvalue weighted by Crippen LogP contribution is -2.13. The van der Waals surface area contributed by atoms with Gasteiger partial charge in [0.15, 0.2) is 6.61 Å². The normalized spacial score (nSPS) is 10.2. The Morgan fingerprint density at radius 1 is 1.08 bits per heavy atom. The van der Waals surface area contributed by atoms with E-state index >= 15 is 0 Å². The maximum Gasteiger partial charge on any atom is 0.331 e. The molecule has 0 aliphatic carbocycles. The number of rotatable bonds is 7. The number of carbonyl (C=O) groups is 2. The van der Waals surface area contributed by atoms with Crippen molar-refractivity contribution in [1.29, 1.82) is 5.26 Å².